The summed E-state index contributed by atoms with van der Waals surface area (Å²) in [7, 11) is 0. The number of thiophene rings is 1. The van der Waals surface area contributed by atoms with Crippen LogP contribution in [-0.4, -0.2) is 18.5 Å². The molecule has 0 spiro atoms. The van der Waals surface area contributed by atoms with Crippen LogP contribution < -0.4 is 5.32 Å². The van der Waals surface area contributed by atoms with Crippen molar-refractivity contribution >= 4 is 28.2 Å². The predicted octanol–water partition coefficient (Wildman–Crippen LogP) is 3.79. The summed E-state index contributed by atoms with van der Waals surface area (Å²) in [5, 5.41) is 3.81. The second kappa shape index (κ2) is 5.93. The summed E-state index contributed by atoms with van der Waals surface area (Å²) in [6.45, 7) is 2.18. The Kier molecular flexibility index (Phi) is 3.92. The highest BCUT2D eigenvalue weighted by molar-refractivity contribution is 7.17. The standard InChI is InChI=1S/C18H23NO3S/c1-2-22-18(21)15-12-4-3-5-14(12)23-17(15)19-16(20)13-9-10-6-7-11(13)8-10/h10-11,13H,2-9H2,1H3,(H,19,20)/t10-,11+,13-/m1/s1. The van der Waals surface area contributed by atoms with Gasteiger partial charge in [0, 0.05) is 10.8 Å². The molecule has 1 heterocycles. The first-order chi connectivity index (χ1) is 11.2. The fourth-order valence-electron chi connectivity index (χ4n) is 4.68. The van der Waals surface area contributed by atoms with Crippen LogP contribution in [-0.2, 0) is 22.4 Å². The van der Waals surface area contributed by atoms with E-state index in [2.05, 4.69) is 5.32 Å². The minimum Gasteiger partial charge on any atom is -0.462 e. The number of esters is 1. The van der Waals surface area contributed by atoms with Gasteiger partial charge in [-0.05, 0) is 62.8 Å². The van der Waals surface area contributed by atoms with Gasteiger partial charge in [-0.15, -0.1) is 11.3 Å². The third-order valence-corrected chi connectivity index (χ3v) is 6.92. The van der Waals surface area contributed by atoms with Gasteiger partial charge in [-0.2, -0.15) is 0 Å². The number of hydrogen-bond acceptors (Lipinski definition) is 4. The summed E-state index contributed by atoms with van der Waals surface area (Å²) in [4.78, 5) is 26.3. The Hall–Kier alpha value is -1.36. The molecule has 4 nitrogen and oxygen atoms in total. The quantitative estimate of drug-likeness (QED) is 0.853. The topological polar surface area (TPSA) is 55.4 Å². The summed E-state index contributed by atoms with van der Waals surface area (Å²) in [5.41, 5.74) is 1.73. The van der Waals surface area contributed by atoms with Crippen LogP contribution in [0.2, 0.25) is 0 Å². The number of carbonyl (C=O) groups excluding carboxylic acids is 2. The molecule has 1 N–H and O–H groups in total. The van der Waals surface area contributed by atoms with Crippen LogP contribution in [0.25, 0.3) is 0 Å². The van der Waals surface area contributed by atoms with Crippen molar-refractivity contribution in [1.82, 2.24) is 0 Å². The molecule has 0 saturated heterocycles. The van der Waals surface area contributed by atoms with Crippen LogP contribution in [0.15, 0.2) is 0 Å². The zero-order valence-corrected chi connectivity index (χ0v) is 14.3. The van der Waals surface area contributed by atoms with Gasteiger partial charge in [-0.3, -0.25) is 4.79 Å². The number of ether oxygens (including phenoxy) is 1. The fraction of sp³-hybridized carbons (Fsp3) is 0.667. The van der Waals surface area contributed by atoms with E-state index in [1.54, 1.807) is 11.3 Å². The first-order valence-electron chi connectivity index (χ1n) is 8.80. The lowest BCUT2D eigenvalue weighted by atomic mass is 9.88. The molecule has 0 radical (unpaired) electrons. The number of nitrogens with one attached hydrogen (secondary N) is 1. The van der Waals surface area contributed by atoms with Gasteiger partial charge in [0.25, 0.3) is 0 Å². The van der Waals surface area contributed by atoms with Gasteiger partial charge in [-0.25, -0.2) is 4.79 Å². The maximum atomic E-state index is 12.7. The SMILES string of the molecule is CCOC(=O)c1c(NC(=O)[C@@H]2C[C@@H]3CC[C@H]2C3)sc2c1CCC2. The van der Waals surface area contributed by atoms with E-state index in [1.807, 2.05) is 6.92 Å². The van der Waals surface area contributed by atoms with E-state index < -0.39 is 0 Å². The van der Waals surface area contributed by atoms with E-state index in [0.29, 0.717) is 18.1 Å². The van der Waals surface area contributed by atoms with Crippen molar-refractivity contribution in [3.05, 3.63) is 16.0 Å². The third kappa shape index (κ3) is 2.59. The van der Waals surface area contributed by atoms with Gasteiger partial charge < -0.3 is 10.1 Å². The van der Waals surface area contributed by atoms with Gasteiger partial charge in [0.1, 0.15) is 5.00 Å². The molecule has 0 unspecified atom stereocenters. The molecule has 1 aromatic heterocycles. The van der Waals surface area contributed by atoms with Crippen LogP contribution in [0.1, 0.15) is 59.8 Å². The number of hydrogen-bond donors (Lipinski definition) is 1. The molecule has 3 aliphatic rings. The van der Waals surface area contributed by atoms with Gasteiger partial charge in [0.2, 0.25) is 5.91 Å². The molecule has 124 valence electrons. The number of rotatable bonds is 4. The molecular weight excluding hydrogens is 310 g/mol. The van der Waals surface area contributed by atoms with Crippen molar-refractivity contribution in [3.8, 4) is 0 Å². The fourth-order valence-corrected chi connectivity index (χ4v) is 5.96. The van der Waals surface area contributed by atoms with Crippen LogP contribution in [0.5, 0.6) is 0 Å². The van der Waals surface area contributed by atoms with E-state index in [9.17, 15) is 9.59 Å². The van der Waals surface area contributed by atoms with Gasteiger partial charge in [0.15, 0.2) is 0 Å². The van der Waals surface area contributed by atoms with Crippen molar-refractivity contribution in [3.63, 3.8) is 0 Å². The maximum absolute atomic E-state index is 12.7. The normalized spacial score (nSPS) is 28.0. The predicted molar refractivity (Wildman–Crippen MR) is 89.9 cm³/mol. The summed E-state index contributed by atoms with van der Waals surface area (Å²) in [6, 6.07) is 0. The Morgan fingerprint density at radius 2 is 2.13 bits per heavy atom. The molecule has 1 amide bonds. The summed E-state index contributed by atoms with van der Waals surface area (Å²) in [5.74, 6) is 1.27. The Bertz CT molecular complexity index is 651. The lowest BCUT2D eigenvalue weighted by molar-refractivity contribution is -0.121. The van der Waals surface area contributed by atoms with Crippen LogP contribution in [0.3, 0.4) is 0 Å². The Morgan fingerprint density at radius 3 is 2.83 bits per heavy atom. The highest BCUT2D eigenvalue weighted by atomic mass is 32.1. The van der Waals surface area contributed by atoms with Crippen LogP contribution in [0.4, 0.5) is 5.00 Å². The Morgan fingerprint density at radius 1 is 1.26 bits per heavy atom. The monoisotopic (exact) mass is 333 g/mol. The molecule has 0 aromatic carbocycles. The van der Waals surface area contributed by atoms with Gasteiger partial charge >= 0.3 is 5.97 Å². The zero-order chi connectivity index (χ0) is 16.0. The summed E-state index contributed by atoms with van der Waals surface area (Å²) < 4.78 is 5.23. The average Bonchev–Trinajstić information content (AvgIpc) is 3.27. The molecular formula is C18H23NO3S. The molecule has 5 heteroatoms. The van der Waals surface area contributed by atoms with E-state index >= 15 is 0 Å². The van der Waals surface area contributed by atoms with Crippen molar-refractivity contribution in [2.75, 3.05) is 11.9 Å². The highest BCUT2D eigenvalue weighted by Gasteiger charge is 2.43. The summed E-state index contributed by atoms with van der Waals surface area (Å²) in [6.07, 6.45) is 7.74. The second-order valence-corrected chi connectivity index (χ2v) is 8.16. The van der Waals surface area contributed by atoms with E-state index in [0.717, 1.165) is 42.2 Å². The van der Waals surface area contributed by atoms with Gasteiger partial charge in [0.05, 0.1) is 12.2 Å². The largest absolute Gasteiger partial charge is 0.462 e. The number of amides is 1. The minimum absolute atomic E-state index is 0.114. The van der Waals surface area contributed by atoms with Crippen molar-refractivity contribution in [2.45, 2.75) is 51.9 Å². The average molecular weight is 333 g/mol. The molecule has 3 aliphatic carbocycles. The van der Waals surface area contributed by atoms with E-state index in [4.69, 9.17) is 4.74 Å². The molecule has 2 fully saturated rings. The van der Waals surface area contributed by atoms with Crippen molar-refractivity contribution in [2.24, 2.45) is 17.8 Å². The molecule has 4 rings (SSSR count). The van der Waals surface area contributed by atoms with Gasteiger partial charge in [-0.1, -0.05) is 6.42 Å². The second-order valence-electron chi connectivity index (χ2n) is 7.05. The zero-order valence-electron chi connectivity index (χ0n) is 13.5. The van der Waals surface area contributed by atoms with E-state index in [-0.39, 0.29) is 17.8 Å². The Balaban J connectivity index is 1.56. The third-order valence-electron chi connectivity index (χ3n) is 5.71. The van der Waals surface area contributed by atoms with Crippen molar-refractivity contribution < 1.29 is 14.3 Å². The number of carbonyl (C=O) groups is 2. The lowest BCUT2D eigenvalue weighted by Gasteiger charge is -2.20. The summed E-state index contributed by atoms with van der Waals surface area (Å²) >= 11 is 1.58. The Labute approximate surface area is 140 Å². The minimum atomic E-state index is -0.282. The number of anilines is 1. The number of aryl methyl sites for hydroxylation is 1. The first-order valence-corrected chi connectivity index (χ1v) is 9.61. The van der Waals surface area contributed by atoms with Crippen LogP contribution in [0, 0.1) is 17.8 Å². The molecule has 1 aromatic rings. The smallest absolute Gasteiger partial charge is 0.341 e. The highest BCUT2D eigenvalue weighted by Crippen LogP contribution is 2.49. The molecule has 0 aliphatic heterocycles. The molecule has 3 atom stereocenters. The van der Waals surface area contributed by atoms with E-state index in [1.165, 1.54) is 24.1 Å². The molecule has 23 heavy (non-hydrogen) atoms. The lowest BCUT2D eigenvalue weighted by Crippen LogP contribution is -2.27. The van der Waals surface area contributed by atoms with Crippen LogP contribution >= 0.6 is 11.3 Å². The molecule has 2 bridgehead atoms. The molecule has 2 saturated carbocycles. The maximum Gasteiger partial charge on any atom is 0.341 e. The number of fused-ring (bicyclic) bond motifs is 3. The first kappa shape index (κ1) is 15.2. The van der Waals surface area contributed by atoms with Crippen molar-refractivity contribution in [1.29, 1.82) is 0 Å².